The molecule has 0 bridgehead atoms. The Morgan fingerprint density at radius 2 is 2.11 bits per heavy atom. The number of aromatic nitrogens is 4. The van der Waals surface area contributed by atoms with E-state index in [4.69, 9.17) is 9.47 Å². The lowest BCUT2D eigenvalue weighted by Gasteiger charge is -2.05. The van der Waals surface area contributed by atoms with Gasteiger partial charge in [-0.2, -0.15) is 5.21 Å². The summed E-state index contributed by atoms with van der Waals surface area (Å²) in [5.74, 6) is 0.696. The summed E-state index contributed by atoms with van der Waals surface area (Å²) < 4.78 is 10.0. The average molecular weight is 248 g/mol. The van der Waals surface area contributed by atoms with Crippen LogP contribution in [0.25, 0.3) is 11.4 Å². The molecule has 7 nitrogen and oxygen atoms in total. The van der Waals surface area contributed by atoms with Gasteiger partial charge in [0.05, 0.1) is 6.61 Å². The van der Waals surface area contributed by atoms with Crippen LogP contribution < -0.4 is 4.74 Å². The van der Waals surface area contributed by atoms with Crippen LogP contribution in [-0.2, 0) is 9.53 Å². The minimum Gasteiger partial charge on any atom is -0.482 e. The number of rotatable bonds is 5. The van der Waals surface area contributed by atoms with Gasteiger partial charge in [-0.1, -0.05) is 0 Å². The molecular formula is C11H12N4O3. The van der Waals surface area contributed by atoms with Crippen LogP contribution in [0.4, 0.5) is 0 Å². The predicted octanol–water partition coefficient (Wildman–Crippen LogP) is 0.809. The van der Waals surface area contributed by atoms with Gasteiger partial charge in [-0.25, -0.2) is 4.79 Å². The second-order valence-corrected chi connectivity index (χ2v) is 3.35. The molecule has 0 saturated heterocycles. The average Bonchev–Trinajstić information content (AvgIpc) is 2.91. The van der Waals surface area contributed by atoms with Crippen LogP contribution in [0.5, 0.6) is 5.75 Å². The molecule has 0 saturated carbocycles. The maximum atomic E-state index is 11.1. The normalized spacial score (nSPS) is 10.1. The summed E-state index contributed by atoms with van der Waals surface area (Å²) in [4.78, 5) is 11.1. The van der Waals surface area contributed by atoms with Crippen LogP contribution in [0.1, 0.15) is 6.92 Å². The first-order valence-corrected chi connectivity index (χ1v) is 5.42. The third-order valence-electron chi connectivity index (χ3n) is 2.12. The fourth-order valence-corrected chi connectivity index (χ4v) is 1.33. The highest BCUT2D eigenvalue weighted by Gasteiger charge is 2.05. The standard InChI is InChI=1S/C11H12N4O3/c1-2-17-10(16)7-18-9-5-3-8(4-6-9)11-12-14-15-13-11/h3-6H,2,7H2,1H3,(H,12,13,14,15). The molecule has 0 aliphatic carbocycles. The highest BCUT2D eigenvalue weighted by molar-refractivity contribution is 5.71. The van der Waals surface area contributed by atoms with E-state index >= 15 is 0 Å². The lowest BCUT2D eigenvalue weighted by molar-refractivity contribution is -0.145. The van der Waals surface area contributed by atoms with Crippen molar-refractivity contribution in [2.75, 3.05) is 13.2 Å². The van der Waals surface area contributed by atoms with Gasteiger partial charge in [-0.05, 0) is 36.4 Å². The fourth-order valence-electron chi connectivity index (χ4n) is 1.33. The lowest BCUT2D eigenvalue weighted by Crippen LogP contribution is -2.14. The Hall–Kier alpha value is -2.44. The number of hydrogen-bond donors (Lipinski definition) is 1. The van der Waals surface area contributed by atoms with E-state index in [9.17, 15) is 4.79 Å². The molecule has 0 radical (unpaired) electrons. The summed E-state index contributed by atoms with van der Waals surface area (Å²) in [6.45, 7) is 1.99. The third-order valence-corrected chi connectivity index (χ3v) is 2.12. The van der Waals surface area contributed by atoms with Gasteiger partial charge in [-0.3, -0.25) is 0 Å². The quantitative estimate of drug-likeness (QED) is 0.787. The molecule has 1 heterocycles. The molecule has 0 spiro atoms. The van der Waals surface area contributed by atoms with E-state index in [1.165, 1.54) is 0 Å². The summed E-state index contributed by atoms with van der Waals surface area (Å²) in [5, 5.41) is 13.6. The number of benzene rings is 1. The smallest absolute Gasteiger partial charge is 0.344 e. The second-order valence-electron chi connectivity index (χ2n) is 3.35. The van der Waals surface area contributed by atoms with Crippen LogP contribution in [0, 0.1) is 0 Å². The molecule has 0 fully saturated rings. The Kier molecular flexibility index (Phi) is 3.85. The SMILES string of the molecule is CCOC(=O)COc1ccc(-c2nn[nH]n2)cc1. The highest BCUT2D eigenvalue weighted by atomic mass is 16.6. The molecule has 1 N–H and O–H groups in total. The molecule has 0 unspecified atom stereocenters. The second kappa shape index (κ2) is 5.76. The molecule has 0 atom stereocenters. The zero-order chi connectivity index (χ0) is 12.8. The molecule has 0 amide bonds. The van der Waals surface area contributed by atoms with E-state index in [-0.39, 0.29) is 12.6 Å². The van der Waals surface area contributed by atoms with Gasteiger partial charge in [0.25, 0.3) is 0 Å². The first-order chi connectivity index (χ1) is 8.79. The van der Waals surface area contributed by atoms with Crippen molar-refractivity contribution in [1.29, 1.82) is 0 Å². The molecule has 94 valence electrons. The zero-order valence-electron chi connectivity index (χ0n) is 9.79. The van der Waals surface area contributed by atoms with Crippen LogP contribution >= 0.6 is 0 Å². The Morgan fingerprint density at radius 1 is 1.33 bits per heavy atom. The summed E-state index contributed by atoms with van der Waals surface area (Å²) in [5.41, 5.74) is 0.812. The molecular weight excluding hydrogens is 236 g/mol. The van der Waals surface area contributed by atoms with Crippen molar-refractivity contribution < 1.29 is 14.3 Å². The summed E-state index contributed by atoms with van der Waals surface area (Å²) in [6, 6.07) is 7.02. The highest BCUT2D eigenvalue weighted by Crippen LogP contribution is 2.18. The lowest BCUT2D eigenvalue weighted by atomic mass is 10.2. The minimum absolute atomic E-state index is 0.102. The Balaban J connectivity index is 1.94. The predicted molar refractivity (Wildman–Crippen MR) is 61.7 cm³/mol. The van der Waals surface area contributed by atoms with E-state index in [0.29, 0.717) is 18.2 Å². The summed E-state index contributed by atoms with van der Waals surface area (Å²) in [6.07, 6.45) is 0. The van der Waals surface area contributed by atoms with Gasteiger partial charge in [0.2, 0.25) is 5.82 Å². The molecule has 1 aromatic heterocycles. The number of ether oxygens (including phenoxy) is 2. The molecule has 0 aliphatic rings. The first kappa shape index (κ1) is 12.0. The van der Waals surface area contributed by atoms with Crippen molar-refractivity contribution in [1.82, 2.24) is 20.6 Å². The Morgan fingerprint density at radius 3 is 2.72 bits per heavy atom. The van der Waals surface area contributed by atoms with E-state index in [0.717, 1.165) is 5.56 Å². The van der Waals surface area contributed by atoms with Gasteiger partial charge in [0, 0.05) is 5.56 Å². The van der Waals surface area contributed by atoms with Crippen molar-refractivity contribution in [2.45, 2.75) is 6.92 Å². The first-order valence-electron chi connectivity index (χ1n) is 5.42. The Bertz CT molecular complexity index is 496. The van der Waals surface area contributed by atoms with Crippen molar-refractivity contribution in [2.24, 2.45) is 0 Å². The van der Waals surface area contributed by atoms with Gasteiger partial charge >= 0.3 is 5.97 Å². The number of carbonyl (C=O) groups excluding carboxylic acids is 1. The molecule has 1 aromatic carbocycles. The summed E-state index contributed by atoms with van der Waals surface area (Å²) >= 11 is 0. The van der Waals surface area contributed by atoms with Crippen molar-refractivity contribution in [3.8, 4) is 17.1 Å². The number of aromatic amines is 1. The Labute approximate surface area is 103 Å². The number of carbonyl (C=O) groups is 1. The molecule has 2 rings (SSSR count). The molecule has 2 aromatic rings. The van der Waals surface area contributed by atoms with Gasteiger partial charge in [0.15, 0.2) is 6.61 Å². The van der Waals surface area contributed by atoms with Crippen LogP contribution in [0.2, 0.25) is 0 Å². The van der Waals surface area contributed by atoms with Crippen molar-refractivity contribution in [3.63, 3.8) is 0 Å². The van der Waals surface area contributed by atoms with Crippen LogP contribution in [0.15, 0.2) is 24.3 Å². The number of tetrazole rings is 1. The zero-order valence-corrected chi connectivity index (χ0v) is 9.79. The summed E-state index contributed by atoms with van der Waals surface area (Å²) in [7, 11) is 0. The maximum absolute atomic E-state index is 11.1. The van der Waals surface area contributed by atoms with Crippen LogP contribution in [0.3, 0.4) is 0 Å². The van der Waals surface area contributed by atoms with Gasteiger partial charge in [0.1, 0.15) is 5.75 Å². The van der Waals surface area contributed by atoms with Gasteiger partial charge in [-0.15, -0.1) is 10.2 Å². The van der Waals surface area contributed by atoms with Crippen LogP contribution in [-0.4, -0.2) is 39.8 Å². The number of nitrogens with zero attached hydrogens (tertiary/aromatic N) is 3. The number of H-pyrrole nitrogens is 1. The van der Waals surface area contributed by atoms with E-state index in [1.54, 1.807) is 31.2 Å². The fraction of sp³-hybridized carbons (Fsp3) is 0.273. The van der Waals surface area contributed by atoms with E-state index < -0.39 is 0 Å². The molecule has 0 aliphatic heterocycles. The molecule has 7 heteroatoms. The largest absolute Gasteiger partial charge is 0.482 e. The topological polar surface area (TPSA) is 90.0 Å². The molecule has 18 heavy (non-hydrogen) atoms. The number of esters is 1. The van der Waals surface area contributed by atoms with Crippen molar-refractivity contribution in [3.05, 3.63) is 24.3 Å². The van der Waals surface area contributed by atoms with E-state index in [1.807, 2.05) is 0 Å². The monoisotopic (exact) mass is 248 g/mol. The van der Waals surface area contributed by atoms with E-state index in [2.05, 4.69) is 20.6 Å². The third kappa shape index (κ3) is 3.03. The number of nitrogens with one attached hydrogen (secondary N) is 1. The minimum atomic E-state index is -0.389. The van der Waals surface area contributed by atoms with Gasteiger partial charge < -0.3 is 9.47 Å². The number of hydrogen-bond acceptors (Lipinski definition) is 6. The van der Waals surface area contributed by atoms with Crippen molar-refractivity contribution >= 4 is 5.97 Å². The maximum Gasteiger partial charge on any atom is 0.344 e.